The maximum absolute atomic E-state index is 4.52. The van der Waals surface area contributed by atoms with Crippen LogP contribution >= 0.6 is 11.3 Å². The molecule has 0 amide bonds. The van der Waals surface area contributed by atoms with Crippen molar-refractivity contribution in [1.82, 2.24) is 20.1 Å². The van der Waals surface area contributed by atoms with Gasteiger partial charge in [-0.1, -0.05) is 19.9 Å². The molecule has 0 aliphatic carbocycles. The van der Waals surface area contributed by atoms with Crippen molar-refractivity contribution in [2.24, 2.45) is 7.05 Å². The number of rotatable bonds is 4. The van der Waals surface area contributed by atoms with Gasteiger partial charge in [-0.05, 0) is 11.4 Å². The van der Waals surface area contributed by atoms with Crippen LogP contribution in [0.5, 0.6) is 0 Å². The van der Waals surface area contributed by atoms with Gasteiger partial charge in [-0.25, -0.2) is 4.98 Å². The number of thiophene rings is 1. The molecular formula is C11H16N4S. The number of aryl methyl sites for hydroxylation is 1. The van der Waals surface area contributed by atoms with Gasteiger partial charge in [-0.2, -0.15) is 5.10 Å². The normalized spacial score (nSPS) is 11.2. The third-order valence-electron chi connectivity index (χ3n) is 2.26. The molecule has 0 spiro atoms. The second-order valence-electron chi connectivity index (χ2n) is 3.99. The van der Waals surface area contributed by atoms with Gasteiger partial charge in [0.1, 0.15) is 5.82 Å². The highest BCUT2D eigenvalue weighted by Crippen LogP contribution is 2.20. The van der Waals surface area contributed by atoms with Crippen LogP contribution in [0.3, 0.4) is 0 Å². The molecule has 0 saturated heterocycles. The van der Waals surface area contributed by atoms with Crippen LogP contribution in [0.15, 0.2) is 17.5 Å². The minimum absolute atomic E-state index is 0.460. The van der Waals surface area contributed by atoms with Crippen molar-refractivity contribution in [3.05, 3.63) is 23.3 Å². The molecule has 0 fully saturated rings. The van der Waals surface area contributed by atoms with E-state index in [9.17, 15) is 0 Å². The lowest BCUT2D eigenvalue weighted by Gasteiger charge is -2.06. The molecule has 0 radical (unpaired) electrons. The van der Waals surface area contributed by atoms with E-state index in [0.717, 1.165) is 23.1 Å². The fraction of sp³-hybridized carbons (Fsp3) is 0.455. The zero-order valence-electron chi connectivity index (χ0n) is 9.77. The van der Waals surface area contributed by atoms with Crippen molar-refractivity contribution < 1.29 is 0 Å². The molecule has 16 heavy (non-hydrogen) atoms. The molecule has 4 nitrogen and oxygen atoms in total. The predicted molar refractivity (Wildman–Crippen MR) is 66.3 cm³/mol. The summed E-state index contributed by atoms with van der Waals surface area (Å²) in [5.41, 5.74) is 0. The van der Waals surface area contributed by atoms with Gasteiger partial charge >= 0.3 is 0 Å². The highest BCUT2D eigenvalue weighted by atomic mass is 32.1. The van der Waals surface area contributed by atoms with Gasteiger partial charge in [-0.3, -0.25) is 4.68 Å². The van der Waals surface area contributed by atoms with Gasteiger partial charge in [0.25, 0.3) is 0 Å². The average Bonchev–Trinajstić information content (AvgIpc) is 2.83. The fourth-order valence-corrected chi connectivity index (χ4v) is 2.03. The molecule has 0 aromatic carbocycles. The van der Waals surface area contributed by atoms with Crippen molar-refractivity contribution >= 4 is 11.3 Å². The van der Waals surface area contributed by atoms with E-state index >= 15 is 0 Å². The van der Waals surface area contributed by atoms with Gasteiger partial charge in [-0.15, -0.1) is 11.3 Å². The lowest BCUT2D eigenvalue weighted by atomic mass is 10.4. The van der Waals surface area contributed by atoms with E-state index in [1.807, 2.05) is 29.2 Å². The molecule has 2 aromatic rings. The summed E-state index contributed by atoms with van der Waals surface area (Å²) >= 11 is 1.66. The summed E-state index contributed by atoms with van der Waals surface area (Å²) in [6.45, 7) is 5.00. The van der Waals surface area contributed by atoms with Gasteiger partial charge < -0.3 is 5.32 Å². The predicted octanol–water partition coefficient (Wildman–Crippen LogP) is 2.04. The molecule has 0 atom stereocenters. The van der Waals surface area contributed by atoms with Gasteiger partial charge in [0.05, 0.1) is 11.4 Å². The van der Waals surface area contributed by atoms with Crippen LogP contribution in [0.2, 0.25) is 0 Å². The lowest BCUT2D eigenvalue weighted by molar-refractivity contribution is 0.551. The Balaban J connectivity index is 2.16. The van der Waals surface area contributed by atoms with Gasteiger partial charge in [0.2, 0.25) is 0 Å². The quantitative estimate of drug-likeness (QED) is 0.883. The molecule has 2 rings (SSSR count). The molecule has 0 saturated carbocycles. The summed E-state index contributed by atoms with van der Waals surface area (Å²) in [6, 6.07) is 4.52. The minimum Gasteiger partial charge on any atom is -0.308 e. The molecule has 2 aromatic heterocycles. The summed E-state index contributed by atoms with van der Waals surface area (Å²) in [7, 11) is 1.93. The standard InChI is InChI=1S/C11H16N4S/c1-8(2)12-7-10-13-11(14-15(10)3)9-5-4-6-16-9/h4-6,8,12H,7H2,1-3H3. The summed E-state index contributed by atoms with van der Waals surface area (Å²) < 4.78 is 1.84. The monoisotopic (exact) mass is 236 g/mol. The number of nitrogens with zero attached hydrogens (tertiary/aromatic N) is 3. The van der Waals surface area contributed by atoms with Crippen molar-refractivity contribution in [3.8, 4) is 10.7 Å². The Hall–Kier alpha value is -1.20. The third-order valence-corrected chi connectivity index (χ3v) is 3.13. The Kier molecular flexibility index (Phi) is 3.36. The Morgan fingerprint density at radius 3 is 2.94 bits per heavy atom. The Morgan fingerprint density at radius 2 is 2.31 bits per heavy atom. The number of aromatic nitrogens is 3. The smallest absolute Gasteiger partial charge is 0.191 e. The molecule has 5 heteroatoms. The highest BCUT2D eigenvalue weighted by molar-refractivity contribution is 7.13. The van der Waals surface area contributed by atoms with E-state index in [2.05, 4.69) is 29.2 Å². The summed E-state index contributed by atoms with van der Waals surface area (Å²) in [6.07, 6.45) is 0. The van der Waals surface area contributed by atoms with E-state index in [4.69, 9.17) is 0 Å². The summed E-state index contributed by atoms with van der Waals surface area (Å²) in [5, 5.41) is 9.79. The zero-order chi connectivity index (χ0) is 11.5. The van der Waals surface area contributed by atoms with E-state index in [-0.39, 0.29) is 0 Å². The van der Waals surface area contributed by atoms with Gasteiger partial charge in [0, 0.05) is 13.1 Å². The van der Waals surface area contributed by atoms with E-state index in [0.29, 0.717) is 6.04 Å². The SMILES string of the molecule is CC(C)NCc1nc(-c2cccs2)nn1C. The number of hydrogen-bond donors (Lipinski definition) is 1. The van der Waals surface area contributed by atoms with Crippen LogP contribution in [-0.4, -0.2) is 20.8 Å². The Labute approximate surface area is 99.3 Å². The fourth-order valence-electron chi connectivity index (χ4n) is 1.38. The first-order chi connectivity index (χ1) is 7.66. The molecule has 0 aliphatic heterocycles. The molecule has 86 valence electrons. The number of nitrogens with one attached hydrogen (secondary N) is 1. The largest absolute Gasteiger partial charge is 0.308 e. The topological polar surface area (TPSA) is 42.7 Å². The maximum Gasteiger partial charge on any atom is 0.191 e. The maximum atomic E-state index is 4.52. The van der Waals surface area contributed by atoms with Crippen LogP contribution in [0.1, 0.15) is 19.7 Å². The second-order valence-corrected chi connectivity index (χ2v) is 4.94. The minimum atomic E-state index is 0.460. The average molecular weight is 236 g/mol. The van der Waals surface area contributed by atoms with Crippen LogP contribution in [0, 0.1) is 0 Å². The molecule has 0 unspecified atom stereocenters. The van der Waals surface area contributed by atoms with Gasteiger partial charge in [0.15, 0.2) is 5.82 Å². The van der Waals surface area contributed by atoms with Crippen LogP contribution in [-0.2, 0) is 13.6 Å². The van der Waals surface area contributed by atoms with Crippen molar-refractivity contribution in [2.75, 3.05) is 0 Å². The number of hydrogen-bond acceptors (Lipinski definition) is 4. The first-order valence-corrected chi connectivity index (χ1v) is 6.22. The Bertz CT molecular complexity index is 445. The summed E-state index contributed by atoms with van der Waals surface area (Å²) in [5.74, 6) is 1.79. The zero-order valence-corrected chi connectivity index (χ0v) is 10.6. The molecular weight excluding hydrogens is 220 g/mol. The summed E-state index contributed by atoms with van der Waals surface area (Å²) in [4.78, 5) is 5.64. The molecule has 0 bridgehead atoms. The first kappa shape index (κ1) is 11.3. The molecule has 2 heterocycles. The van der Waals surface area contributed by atoms with Crippen molar-refractivity contribution in [3.63, 3.8) is 0 Å². The van der Waals surface area contributed by atoms with Crippen molar-refractivity contribution in [1.29, 1.82) is 0 Å². The highest BCUT2D eigenvalue weighted by Gasteiger charge is 2.09. The molecule has 0 aliphatic rings. The molecule has 1 N–H and O–H groups in total. The third kappa shape index (κ3) is 2.48. The van der Waals surface area contributed by atoms with E-state index in [1.165, 1.54) is 0 Å². The second kappa shape index (κ2) is 4.76. The van der Waals surface area contributed by atoms with E-state index < -0.39 is 0 Å². The van der Waals surface area contributed by atoms with Crippen LogP contribution < -0.4 is 5.32 Å². The Morgan fingerprint density at radius 1 is 1.50 bits per heavy atom. The lowest BCUT2D eigenvalue weighted by Crippen LogP contribution is -2.23. The van der Waals surface area contributed by atoms with E-state index in [1.54, 1.807) is 11.3 Å². The van der Waals surface area contributed by atoms with Crippen LogP contribution in [0.4, 0.5) is 0 Å². The first-order valence-electron chi connectivity index (χ1n) is 5.34. The van der Waals surface area contributed by atoms with Crippen LogP contribution in [0.25, 0.3) is 10.7 Å². The van der Waals surface area contributed by atoms with Crippen molar-refractivity contribution in [2.45, 2.75) is 26.4 Å².